The van der Waals surface area contributed by atoms with Crippen molar-refractivity contribution in [1.29, 1.82) is 0 Å². The Morgan fingerprint density at radius 3 is 2.56 bits per heavy atom. The summed E-state index contributed by atoms with van der Waals surface area (Å²) in [5, 5.41) is -2.69. The van der Waals surface area contributed by atoms with Crippen LogP contribution in [0.1, 0.15) is 0 Å². The molecule has 0 aromatic heterocycles. The smallest absolute Gasteiger partial charge is 0.360 e. The van der Waals surface area contributed by atoms with Crippen LogP contribution in [-0.4, -0.2) is 23.5 Å². The number of rotatable bonds is 2. The SMILES string of the molecule is COC(=O)C(F)(Cl)CBr. The van der Waals surface area contributed by atoms with E-state index in [4.69, 9.17) is 11.6 Å². The zero-order valence-corrected chi connectivity index (χ0v) is 7.00. The van der Waals surface area contributed by atoms with Crippen LogP contribution in [0.15, 0.2) is 0 Å². The summed E-state index contributed by atoms with van der Waals surface area (Å²) in [6.45, 7) is 0. The minimum atomic E-state index is -2.42. The van der Waals surface area contributed by atoms with Crippen LogP contribution in [0.2, 0.25) is 0 Å². The fraction of sp³-hybridized carbons (Fsp3) is 0.750. The van der Waals surface area contributed by atoms with Crippen molar-refractivity contribution in [2.45, 2.75) is 5.13 Å². The second kappa shape index (κ2) is 3.37. The number of halogens is 3. The van der Waals surface area contributed by atoms with Crippen molar-refractivity contribution in [3.8, 4) is 0 Å². The van der Waals surface area contributed by atoms with Gasteiger partial charge in [-0.25, -0.2) is 9.18 Å². The minimum absolute atomic E-state index is 0.270. The number of hydrogen-bond donors (Lipinski definition) is 0. The summed E-state index contributed by atoms with van der Waals surface area (Å²) in [4.78, 5) is 10.3. The second-order valence-electron chi connectivity index (χ2n) is 1.33. The van der Waals surface area contributed by atoms with Gasteiger partial charge in [0.1, 0.15) is 0 Å². The van der Waals surface area contributed by atoms with Crippen molar-refractivity contribution in [2.75, 3.05) is 12.4 Å². The van der Waals surface area contributed by atoms with E-state index >= 15 is 0 Å². The van der Waals surface area contributed by atoms with Gasteiger partial charge in [0.15, 0.2) is 0 Å². The quantitative estimate of drug-likeness (QED) is 0.519. The Morgan fingerprint density at radius 1 is 2.00 bits per heavy atom. The van der Waals surface area contributed by atoms with E-state index in [1.54, 1.807) is 0 Å². The maximum atomic E-state index is 12.5. The molecular weight excluding hydrogens is 214 g/mol. The first-order valence-corrected chi connectivity index (χ1v) is 3.56. The zero-order valence-electron chi connectivity index (χ0n) is 4.66. The molecule has 0 fully saturated rings. The van der Waals surface area contributed by atoms with Crippen LogP contribution in [0.25, 0.3) is 0 Å². The van der Waals surface area contributed by atoms with Crippen molar-refractivity contribution in [3.63, 3.8) is 0 Å². The lowest BCUT2D eigenvalue weighted by Crippen LogP contribution is -2.29. The molecule has 0 radical (unpaired) electrons. The summed E-state index contributed by atoms with van der Waals surface area (Å²) in [6, 6.07) is 0. The molecular formula is C4H5BrClFO2. The lowest BCUT2D eigenvalue weighted by atomic mass is 10.4. The van der Waals surface area contributed by atoms with Gasteiger partial charge in [0.2, 0.25) is 0 Å². The number of hydrogen-bond acceptors (Lipinski definition) is 2. The minimum Gasteiger partial charge on any atom is -0.466 e. The summed E-state index contributed by atoms with van der Waals surface area (Å²) in [6.07, 6.45) is 0. The van der Waals surface area contributed by atoms with Crippen LogP contribution in [0.5, 0.6) is 0 Å². The van der Waals surface area contributed by atoms with Crippen LogP contribution in [-0.2, 0) is 9.53 Å². The average molecular weight is 219 g/mol. The highest BCUT2D eigenvalue weighted by atomic mass is 79.9. The number of carbonyl (C=O) groups excluding carboxylic acids is 1. The zero-order chi connectivity index (χ0) is 7.49. The largest absolute Gasteiger partial charge is 0.466 e. The first kappa shape index (κ1) is 9.17. The number of ether oxygens (including phenoxy) is 1. The molecule has 0 amide bonds. The molecule has 1 atom stereocenters. The van der Waals surface area contributed by atoms with Gasteiger partial charge in [-0.3, -0.25) is 0 Å². The van der Waals surface area contributed by atoms with E-state index < -0.39 is 11.1 Å². The highest BCUT2D eigenvalue weighted by Gasteiger charge is 2.35. The topological polar surface area (TPSA) is 26.3 Å². The molecule has 0 aliphatic rings. The fourth-order valence-corrected chi connectivity index (χ4v) is 0.510. The van der Waals surface area contributed by atoms with Crippen LogP contribution < -0.4 is 0 Å². The molecule has 9 heavy (non-hydrogen) atoms. The maximum absolute atomic E-state index is 12.5. The number of alkyl halides is 3. The van der Waals surface area contributed by atoms with E-state index in [1.165, 1.54) is 0 Å². The van der Waals surface area contributed by atoms with E-state index in [0.717, 1.165) is 7.11 Å². The monoisotopic (exact) mass is 218 g/mol. The molecule has 0 saturated heterocycles. The van der Waals surface area contributed by atoms with E-state index in [1.807, 2.05) is 0 Å². The summed E-state index contributed by atoms with van der Waals surface area (Å²) in [5.74, 6) is -1.08. The molecule has 0 aliphatic heterocycles. The Bertz CT molecular complexity index is 117. The van der Waals surface area contributed by atoms with Gasteiger partial charge in [-0.2, -0.15) is 0 Å². The Balaban J connectivity index is 3.97. The predicted octanol–water partition coefficient (Wildman–Crippen LogP) is 1.46. The molecule has 5 heteroatoms. The average Bonchev–Trinajstić information content (AvgIpc) is 1.86. The third kappa shape index (κ3) is 2.49. The summed E-state index contributed by atoms with van der Waals surface area (Å²) in [7, 11) is 1.07. The Morgan fingerprint density at radius 2 is 2.44 bits per heavy atom. The van der Waals surface area contributed by atoms with E-state index in [9.17, 15) is 9.18 Å². The highest BCUT2D eigenvalue weighted by Crippen LogP contribution is 2.20. The molecule has 0 aromatic rings. The third-order valence-electron chi connectivity index (χ3n) is 0.652. The molecule has 0 bridgehead atoms. The predicted molar refractivity (Wildman–Crippen MR) is 35.5 cm³/mol. The summed E-state index contributed by atoms with van der Waals surface area (Å²) < 4.78 is 16.5. The molecule has 0 aromatic carbocycles. The van der Waals surface area contributed by atoms with Crippen LogP contribution in [0.4, 0.5) is 4.39 Å². The van der Waals surface area contributed by atoms with Gasteiger partial charge in [-0.05, 0) is 0 Å². The van der Waals surface area contributed by atoms with E-state index in [0.29, 0.717) is 0 Å². The molecule has 54 valence electrons. The van der Waals surface area contributed by atoms with Crippen molar-refractivity contribution in [3.05, 3.63) is 0 Å². The number of carbonyl (C=O) groups is 1. The van der Waals surface area contributed by atoms with Gasteiger partial charge in [0.25, 0.3) is 5.13 Å². The van der Waals surface area contributed by atoms with Gasteiger partial charge < -0.3 is 4.74 Å². The Kier molecular flexibility index (Phi) is 3.43. The maximum Gasteiger partial charge on any atom is 0.360 e. The van der Waals surface area contributed by atoms with E-state index in [-0.39, 0.29) is 5.33 Å². The van der Waals surface area contributed by atoms with Gasteiger partial charge in [0, 0.05) is 0 Å². The third-order valence-corrected chi connectivity index (χ3v) is 2.04. The highest BCUT2D eigenvalue weighted by molar-refractivity contribution is 9.09. The standard InChI is InChI=1S/C4H5BrClFO2/c1-9-3(8)4(6,7)2-5/h2H2,1H3. The summed E-state index contributed by atoms with van der Waals surface area (Å²) >= 11 is 7.69. The Labute approximate surface area is 65.4 Å². The number of methoxy groups -OCH3 is 1. The van der Waals surface area contributed by atoms with Crippen molar-refractivity contribution in [2.24, 2.45) is 0 Å². The Hall–Kier alpha value is 0.170. The molecule has 1 unspecified atom stereocenters. The molecule has 0 saturated carbocycles. The van der Waals surface area contributed by atoms with Gasteiger partial charge >= 0.3 is 5.97 Å². The molecule has 0 aliphatic carbocycles. The van der Waals surface area contributed by atoms with E-state index in [2.05, 4.69) is 20.7 Å². The number of esters is 1. The van der Waals surface area contributed by atoms with Crippen LogP contribution in [0.3, 0.4) is 0 Å². The normalized spacial score (nSPS) is 16.4. The first-order chi connectivity index (χ1) is 4.04. The molecule has 0 rings (SSSR count). The van der Waals surface area contributed by atoms with Gasteiger partial charge in [0.05, 0.1) is 12.4 Å². The molecule has 0 N–H and O–H groups in total. The summed E-state index contributed by atoms with van der Waals surface area (Å²) in [5.41, 5.74) is 0. The van der Waals surface area contributed by atoms with Crippen molar-refractivity contribution in [1.82, 2.24) is 0 Å². The second-order valence-corrected chi connectivity index (χ2v) is 2.49. The fourth-order valence-electron chi connectivity index (χ4n) is 0.204. The van der Waals surface area contributed by atoms with Crippen molar-refractivity contribution < 1.29 is 13.9 Å². The molecule has 0 spiro atoms. The molecule has 0 heterocycles. The first-order valence-electron chi connectivity index (χ1n) is 2.07. The van der Waals surface area contributed by atoms with Crippen LogP contribution >= 0.6 is 27.5 Å². The van der Waals surface area contributed by atoms with Gasteiger partial charge in [-0.1, -0.05) is 27.5 Å². The van der Waals surface area contributed by atoms with Crippen LogP contribution in [0, 0.1) is 0 Å². The molecule has 2 nitrogen and oxygen atoms in total. The lowest BCUT2D eigenvalue weighted by Gasteiger charge is -2.09. The van der Waals surface area contributed by atoms with Crippen molar-refractivity contribution >= 4 is 33.5 Å². The lowest BCUT2D eigenvalue weighted by molar-refractivity contribution is -0.147. The van der Waals surface area contributed by atoms with Gasteiger partial charge in [-0.15, -0.1) is 0 Å².